The number of nitrogens with zero attached hydrogens (tertiary/aromatic N) is 2. The fraction of sp³-hybridized carbons (Fsp3) is 0.136. The molecule has 29 heavy (non-hydrogen) atoms. The first-order valence-corrected chi connectivity index (χ1v) is 9.93. The highest BCUT2D eigenvalue weighted by Gasteiger charge is 2.15. The zero-order valence-corrected chi connectivity index (χ0v) is 16.4. The van der Waals surface area contributed by atoms with Gasteiger partial charge in [0.25, 0.3) is 5.56 Å². The monoisotopic (exact) mass is 408 g/mol. The third kappa shape index (κ3) is 3.82. The third-order valence-electron chi connectivity index (χ3n) is 4.52. The molecule has 146 valence electrons. The normalized spacial score (nSPS) is 11.0. The number of thiophene rings is 1. The Bertz CT molecular complexity index is 1230. The van der Waals surface area contributed by atoms with Gasteiger partial charge in [-0.3, -0.25) is 14.2 Å². The van der Waals surface area contributed by atoms with Crippen LogP contribution in [0.5, 0.6) is 5.75 Å². The summed E-state index contributed by atoms with van der Waals surface area (Å²) in [5.74, 6) is 0.0578. The molecule has 0 saturated heterocycles. The Hall–Kier alpha value is -3.32. The summed E-state index contributed by atoms with van der Waals surface area (Å²) in [7, 11) is 0. The molecule has 0 saturated carbocycles. The van der Waals surface area contributed by atoms with Crippen molar-refractivity contribution in [2.24, 2.45) is 0 Å². The van der Waals surface area contributed by atoms with Crippen LogP contribution in [0.1, 0.15) is 17.3 Å². The van der Waals surface area contributed by atoms with Gasteiger partial charge in [-0.15, -0.1) is 11.3 Å². The largest absolute Gasteiger partial charge is 0.494 e. The summed E-state index contributed by atoms with van der Waals surface area (Å²) >= 11 is 1.38. The second-order valence-corrected chi connectivity index (χ2v) is 7.25. The summed E-state index contributed by atoms with van der Waals surface area (Å²) in [6, 6.07) is 12.8. The van der Waals surface area contributed by atoms with Crippen LogP contribution < -0.4 is 10.3 Å². The van der Waals surface area contributed by atoms with Crippen LogP contribution in [0.4, 0.5) is 4.39 Å². The number of hydrogen-bond acceptors (Lipinski definition) is 5. The zero-order valence-electron chi connectivity index (χ0n) is 15.6. The van der Waals surface area contributed by atoms with Gasteiger partial charge >= 0.3 is 0 Å². The minimum atomic E-state index is -0.417. The van der Waals surface area contributed by atoms with E-state index in [2.05, 4.69) is 4.98 Å². The van der Waals surface area contributed by atoms with Crippen molar-refractivity contribution in [2.75, 3.05) is 6.61 Å². The van der Waals surface area contributed by atoms with Crippen LogP contribution in [-0.2, 0) is 6.54 Å². The van der Waals surface area contributed by atoms with Crippen molar-refractivity contribution in [2.45, 2.75) is 13.5 Å². The van der Waals surface area contributed by atoms with Crippen molar-refractivity contribution in [1.82, 2.24) is 9.55 Å². The molecule has 2 heterocycles. The second kappa shape index (κ2) is 7.97. The maximum atomic E-state index is 13.1. The molecule has 0 bridgehead atoms. The van der Waals surface area contributed by atoms with E-state index < -0.39 is 5.82 Å². The average Bonchev–Trinajstić information content (AvgIpc) is 3.16. The van der Waals surface area contributed by atoms with Crippen molar-refractivity contribution >= 4 is 27.3 Å². The van der Waals surface area contributed by atoms with Crippen molar-refractivity contribution in [3.05, 3.63) is 82.0 Å². The topological polar surface area (TPSA) is 61.2 Å². The molecule has 2 aromatic heterocycles. The van der Waals surface area contributed by atoms with E-state index in [9.17, 15) is 14.0 Å². The lowest BCUT2D eigenvalue weighted by atomic mass is 10.1. The van der Waals surface area contributed by atoms with E-state index in [4.69, 9.17) is 4.74 Å². The average molecular weight is 408 g/mol. The predicted molar refractivity (Wildman–Crippen MR) is 111 cm³/mol. The molecule has 0 fully saturated rings. The maximum absolute atomic E-state index is 13.1. The van der Waals surface area contributed by atoms with E-state index in [1.807, 2.05) is 36.6 Å². The number of carbonyl (C=O) groups is 1. The van der Waals surface area contributed by atoms with Gasteiger partial charge in [-0.1, -0.05) is 12.1 Å². The van der Waals surface area contributed by atoms with Crippen LogP contribution in [0.2, 0.25) is 0 Å². The van der Waals surface area contributed by atoms with Gasteiger partial charge in [0.2, 0.25) is 0 Å². The van der Waals surface area contributed by atoms with E-state index in [0.717, 1.165) is 16.9 Å². The van der Waals surface area contributed by atoms with Crippen LogP contribution in [0.15, 0.2) is 65.0 Å². The number of ketones is 1. The molecule has 7 heteroatoms. The summed E-state index contributed by atoms with van der Waals surface area (Å²) in [4.78, 5) is 30.5. The number of Topliss-reactive ketones (excluding diaryl/α,β-unsaturated/α-hetero) is 1. The predicted octanol–water partition coefficient (Wildman–Crippen LogP) is 4.55. The Morgan fingerprint density at radius 1 is 1.14 bits per heavy atom. The molecule has 0 amide bonds. The van der Waals surface area contributed by atoms with Gasteiger partial charge in [0.05, 0.1) is 24.9 Å². The summed E-state index contributed by atoms with van der Waals surface area (Å²) < 4.78 is 19.8. The summed E-state index contributed by atoms with van der Waals surface area (Å²) in [5.41, 5.74) is 1.71. The molecule has 0 atom stereocenters. The Balaban J connectivity index is 1.70. The summed E-state index contributed by atoms with van der Waals surface area (Å²) in [6.07, 6.45) is 1.38. The van der Waals surface area contributed by atoms with Crippen LogP contribution in [0.3, 0.4) is 0 Å². The fourth-order valence-electron chi connectivity index (χ4n) is 3.07. The number of rotatable bonds is 6. The van der Waals surface area contributed by atoms with Crippen molar-refractivity contribution < 1.29 is 13.9 Å². The number of benzene rings is 2. The molecule has 0 aliphatic carbocycles. The third-order valence-corrected chi connectivity index (χ3v) is 5.40. The SMILES string of the molecule is CCOc1ccc(-c2csc3ncn(CC(=O)c4ccc(F)cc4)c(=O)c23)cc1. The Morgan fingerprint density at radius 3 is 2.55 bits per heavy atom. The van der Waals surface area contributed by atoms with Crippen LogP contribution in [0, 0.1) is 5.82 Å². The van der Waals surface area contributed by atoms with Crippen molar-refractivity contribution in [3.8, 4) is 16.9 Å². The Morgan fingerprint density at radius 2 is 1.86 bits per heavy atom. The minimum absolute atomic E-state index is 0.161. The number of fused-ring (bicyclic) bond motifs is 1. The fourth-order valence-corrected chi connectivity index (χ4v) is 3.98. The molecule has 4 rings (SSSR count). The first kappa shape index (κ1) is 19.0. The van der Waals surface area contributed by atoms with Crippen molar-refractivity contribution in [1.29, 1.82) is 0 Å². The standard InChI is InChI=1S/C22H17FN2O3S/c1-2-28-17-9-5-14(6-10-17)18-12-29-21-20(18)22(27)25(13-24-21)11-19(26)15-3-7-16(23)8-4-15/h3-10,12-13H,2,11H2,1H3. The number of halogens is 1. The first-order chi connectivity index (χ1) is 14.1. The van der Waals surface area contributed by atoms with Gasteiger partial charge in [0.1, 0.15) is 16.4 Å². The zero-order chi connectivity index (χ0) is 20.4. The molecular formula is C22H17FN2O3S. The number of aromatic nitrogens is 2. The quantitative estimate of drug-likeness (QED) is 0.439. The number of ether oxygens (including phenoxy) is 1. The highest BCUT2D eigenvalue weighted by atomic mass is 32.1. The molecular weight excluding hydrogens is 391 g/mol. The molecule has 0 unspecified atom stereocenters. The molecule has 0 aliphatic rings. The molecule has 5 nitrogen and oxygen atoms in total. The van der Waals surface area contributed by atoms with E-state index >= 15 is 0 Å². The second-order valence-electron chi connectivity index (χ2n) is 6.39. The maximum Gasteiger partial charge on any atom is 0.263 e. The molecule has 4 aromatic rings. The first-order valence-electron chi connectivity index (χ1n) is 9.05. The van der Waals surface area contributed by atoms with E-state index in [-0.39, 0.29) is 17.9 Å². The highest BCUT2D eigenvalue weighted by Crippen LogP contribution is 2.31. The summed E-state index contributed by atoms with van der Waals surface area (Å²) in [6.45, 7) is 2.34. The van der Waals surface area contributed by atoms with E-state index in [1.165, 1.54) is 46.5 Å². The number of carbonyl (C=O) groups excluding carboxylic acids is 1. The lowest BCUT2D eigenvalue weighted by Gasteiger charge is -2.07. The highest BCUT2D eigenvalue weighted by molar-refractivity contribution is 7.17. The summed E-state index contributed by atoms with van der Waals surface area (Å²) in [5, 5.41) is 2.37. The van der Waals surface area contributed by atoms with Gasteiger partial charge in [-0.2, -0.15) is 0 Å². The van der Waals surface area contributed by atoms with E-state index in [0.29, 0.717) is 22.4 Å². The molecule has 0 aliphatic heterocycles. The Kier molecular flexibility index (Phi) is 5.22. The lowest BCUT2D eigenvalue weighted by Crippen LogP contribution is -2.24. The minimum Gasteiger partial charge on any atom is -0.494 e. The van der Waals surface area contributed by atoms with E-state index in [1.54, 1.807) is 0 Å². The van der Waals surface area contributed by atoms with Crippen molar-refractivity contribution in [3.63, 3.8) is 0 Å². The van der Waals surface area contributed by atoms with Gasteiger partial charge < -0.3 is 4.74 Å². The van der Waals surface area contributed by atoms with Gasteiger partial charge in [-0.25, -0.2) is 9.37 Å². The van der Waals surface area contributed by atoms with Crippen LogP contribution in [0.25, 0.3) is 21.3 Å². The van der Waals surface area contributed by atoms with Gasteiger partial charge in [0.15, 0.2) is 5.78 Å². The number of hydrogen-bond donors (Lipinski definition) is 0. The van der Waals surface area contributed by atoms with Crippen LogP contribution >= 0.6 is 11.3 Å². The molecule has 0 N–H and O–H groups in total. The molecule has 2 aromatic carbocycles. The van der Waals surface area contributed by atoms with Gasteiger partial charge in [0, 0.05) is 16.5 Å². The lowest BCUT2D eigenvalue weighted by molar-refractivity contribution is 0.0970. The molecule has 0 radical (unpaired) electrons. The molecule has 0 spiro atoms. The smallest absolute Gasteiger partial charge is 0.263 e. The van der Waals surface area contributed by atoms with Gasteiger partial charge in [-0.05, 0) is 48.9 Å². The van der Waals surface area contributed by atoms with Crippen LogP contribution in [-0.4, -0.2) is 21.9 Å². The Labute approximate surface area is 170 Å².